The monoisotopic (exact) mass is 347 g/mol. The molecule has 1 rings (SSSR count). The molecule has 1 heterocycles. The van der Waals surface area contributed by atoms with Crippen molar-refractivity contribution in [1.29, 1.82) is 0 Å². The summed E-state index contributed by atoms with van der Waals surface area (Å²) in [6.45, 7) is -0.994. The second kappa shape index (κ2) is 11.4. The number of nitrogens with zero attached hydrogens (tertiary/aromatic N) is 1. The highest BCUT2D eigenvalue weighted by atomic mass is 16.5. The highest BCUT2D eigenvalue weighted by Gasteiger charge is 2.16. The Labute approximate surface area is 139 Å². The van der Waals surface area contributed by atoms with Gasteiger partial charge in [0.15, 0.2) is 0 Å². The molecule has 0 saturated heterocycles. The summed E-state index contributed by atoms with van der Waals surface area (Å²) in [6, 6.07) is 3.45. The van der Waals surface area contributed by atoms with Crippen LogP contribution in [0.2, 0.25) is 0 Å². The third-order valence-electron chi connectivity index (χ3n) is 3.24. The molecule has 4 atom stereocenters. The van der Waals surface area contributed by atoms with E-state index in [0.29, 0.717) is 5.69 Å². The van der Waals surface area contributed by atoms with Crippen LogP contribution in [0.5, 0.6) is 0 Å². The van der Waals surface area contributed by atoms with Crippen molar-refractivity contribution in [3.05, 3.63) is 29.6 Å². The third kappa shape index (κ3) is 7.60. The zero-order chi connectivity index (χ0) is 17.9. The number of aromatic nitrogens is 1. The number of hydrogen-bond donors (Lipinski definition) is 6. The fraction of sp³-hybridized carbons (Fsp3) is 0.667. The summed E-state index contributed by atoms with van der Waals surface area (Å²) >= 11 is 0. The number of aliphatic hydroxyl groups excluding tert-OH is 6. The zero-order valence-electron chi connectivity index (χ0n) is 13.2. The molecule has 0 aliphatic carbocycles. The highest BCUT2D eigenvalue weighted by Crippen LogP contribution is 2.05. The SMILES string of the molecule is OCC(O)C(O)COCc1ccc(COCC(O)C(O)CO)nc1. The Morgan fingerprint density at radius 3 is 1.79 bits per heavy atom. The number of pyridine rings is 1. The molecule has 0 spiro atoms. The fourth-order valence-electron chi connectivity index (χ4n) is 1.67. The van der Waals surface area contributed by atoms with Gasteiger partial charge in [-0.1, -0.05) is 6.07 Å². The second-order valence-electron chi connectivity index (χ2n) is 5.32. The van der Waals surface area contributed by atoms with Crippen molar-refractivity contribution >= 4 is 0 Å². The molecular weight excluding hydrogens is 322 g/mol. The maximum absolute atomic E-state index is 9.42. The van der Waals surface area contributed by atoms with Gasteiger partial charge in [-0.3, -0.25) is 4.98 Å². The molecule has 4 unspecified atom stereocenters. The number of rotatable bonds is 12. The predicted molar refractivity (Wildman–Crippen MR) is 81.7 cm³/mol. The molecule has 1 aromatic heterocycles. The van der Waals surface area contributed by atoms with Crippen LogP contribution in [-0.2, 0) is 22.7 Å². The van der Waals surface area contributed by atoms with Gasteiger partial charge in [0.1, 0.15) is 24.4 Å². The standard InChI is InChI=1S/C15H25NO8/c17-4-12(19)14(21)8-23-6-10-1-2-11(16-3-10)7-24-9-15(22)13(20)5-18/h1-3,12-15,17-22H,4-9H2. The minimum atomic E-state index is -1.24. The van der Waals surface area contributed by atoms with Crippen LogP contribution in [-0.4, -0.2) is 86.5 Å². The summed E-state index contributed by atoms with van der Waals surface area (Å²) in [5.41, 5.74) is 1.36. The van der Waals surface area contributed by atoms with E-state index in [0.717, 1.165) is 5.56 Å². The van der Waals surface area contributed by atoms with Crippen molar-refractivity contribution in [2.45, 2.75) is 37.6 Å². The maximum atomic E-state index is 9.42. The molecule has 0 aromatic carbocycles. The van der Waals surface area contributed by atoms with Crippen LogP contribution in [0.4, 0.5) is 0 Å². The van der Waals surface area contributed by atoms with E-state index >= 15 is 0 Å². The minimum Gasteiger partial charge on any atom is -0.394 e. The van der Waals surface area contributed by atoms with Crippen molar-refractivity contribution in [1.82, 2.24) is 4.98 Å². The molecule has 9 nitrogen and oxygen atoms in total. The minimum absolute atomic E-state index is 0.113. The molecule has 1 aromatic rings. The van der Waals surface area contributed by atoms with Gasteiger partial charge in [0.05, 0.1) is 45.3 Å². The van der Waals surface area contributed by atoms with E-state index in [1.807, 2.05) is 0 Å². The molecule has 0 radical (unpaired) electrons. The summed E-state index contributed by atoms with van der Waals surface area (Å²) in [5, 5.41) is 54.5. The molecule has 0 aliphatic heterocycles. The van der Waals surface area contributed by atoms with Gasteiger partial charge in [-0.25, -0.2) is 0 Å². The van der Waals surface area contributed by atoms with Gasteiger partial charge in [-0.15, -0.1) is 0 Å². The maximum Gasteiger partial charge on any atom is 0.105 e. The van der Waals surface area contributed by atoms with Crippen molar-refractivity contribution in [3.8, 4) is 0 Å². The molecule has 24 heavy (non-hydrogen) atoms. The van der Waals surface area contributed by atoms with Gasteiger partial charge >= 0.3 is 0 Å². The molecule has 138 valence electrons. The van der Waals surface area contributed by atoms with E-state index in [4.69, 9.17) is 19.7 Å². The second-order valence-corrected chi connectivity index (χ2v) is 5.32. The van der Waals surface area contributed by atoms with E-state index in [2.05, 4.69) is 4.98 Å². The van der Waals surface area contributed by atoms with Gasteiger partial charge in [-0.2, -0.15) is 0 Å². The van der Waals surface area contributed by atoms with E-state index < -0.39 is 37.6 Å². The van der Waals surface area contributed by atoms with E-state index in [1.54, 1.807) is 18.3 Å². The molecule has 6 N–H and O–H groups in total. The molecule has 0 saturated carbocycles. The number of hydrogen-bond acceptors (Lipinski definition) is 9. The summed E-state index contributed by atoms with van der Waals surface area (Å²) in [4.78, 5) is 4.14. The van der Waals surface area contributed by atoms with Gasteiger partial charge in [-0.05, 0) is 11.6 Å². The average molecular weight is 347 g/mol. The smallest absolute Gasteiger partial charge is 0.105 e. The lowest BCUT2D eigenvalue weighted by molar-refractivity contribution is -0.0607. The lowest BCUT2D eigenvalue weighted by atomic mass is 10.2. The Kier molecular flexibility index (Phi) is 9.91. The number of ether oxygens (including phenoxy) is 2. The molecule has 0 aliphatic rings. The fourth-order valence-corrected chi connectivity index (χ4v) is 1.67. The Balaban J connectivity index is 2.28. The van der Waals surface area contributed by atoms with Crippen LogP contribution in [0, 0.1) is 0 Å². The van der Waals surface area contributed by atoms with Gasteiger partial charge in [0.2, 0.25) is 0 Å². The topological polar surface area (TPSA) is 153 Å². The van der Waals surface area contributed by atoms with Crippen LogP contribution in [0.15, 0.2) is 18.3 Å². The summed E-state index contributed by atoms with van der Waals surface area (Å²) in [6.07, 6.45) is -3.23. The number of aliphatic hydroxyl groups is 6. The Morgan fingerprint density at radius 1 is 0.792 bits per heavy atom. The van der Waals surface area contributed by atoms with Crippen LogP contribution in [0.3, 0.4) is 0 Å². The highest BCUT2D eigenvalue weighted by molar-refractivity contribution is 5.12. The largest absolute Gasteiger partial charge is 0.394 e. The van der Waals surface area contributed by atoms with Gasteiger partial charge in [0, 0.05) is 6.20 Å². The van der Waals surface area contributed by atoms with Crippen molar-refractivity contribution in [2.75, 3.05) is 26.4 Å². The summed E-state index contributed by atoms with van der Waals surface area (Å²) < 4.78 is 10.4. The van der Waals surface area contributed by atoms with Crippen LogP contribution in [0.1, 0.15) is 11.3 Å². The van der Waals surface area contributed by atoms with Gasteiger partial charge < -0.3 is 40.1 Å². The first kappa shape index (κ1) is 20.9. The molecular formula is C15H25NO8. The van der Waals surface area contributed by atoms with Crippen LogP contribution in [0.25, 0.3) is 0 Å². The Bertz CT molecular complexity index is 403. The quantitative estimate of drug-likeness (QED) is 0.242. The lowest BCUT2D eigenvalue weighted by Gasteiger charge is -2.16. The van der Waals surface area contributed by atoms with E-state index in [1.165, 1.54) is 0 Å². The Hall–Kier alpha value is -1.17. The zero-order valence-corrected chi connectivity index (χ0v) is 13.2. The first-order chi connectivity index (χ1) is 11.5. The third-order valence-corrected chi connectivity index (χ3v) is 3.24. The van der Waals surface area contributed by atoms with E-state index in [9.17, 15) is 20.4 Å². The molecule has 9 heteroatoms. The molecule has 0 fully saturated rings. The molecule has 0 amide bonds. The normalized spacial score (nSPS) is 16.6. The average Bonchev–Trinajstić information content (AvgIpc) is 2.61. The van der Waals surface area contributed by atoms with Crippen molar-refractivity contribution in [2.24, 2.45) is 0 Å². The summed E-state index contributed by atoms with van der Waals surface area (Å²) in [5.74, 6) is 0. The van der Waals surface area contributed by atoms with Gasteiger partial charge in [0.25, 0.3) is 0 Å². The first-order valence-corrected chi connectivity index (χ1v) is 7.51. The van der Waals surface area contributed by atoms with Crippen molar-refractivity contribution in [3.63, 3.8) is 0 Å². The van der Waals surface area contributed by atoms with E-state index in [-0.39, 0.29) is 26.4 Å². The summed E-state index contributed by atoms with van der Waals surface area (Å²) in [7, 11) is 0. The van der Waals surface area contributed by atoms with Crippen LogP contribution >= 0.6 is 0 Å². The van der Waals surface area contributed by atoms with Crippen molar-refractivity contribution < 1.29 is 40.1 Å². The molecule has 0 bridgehead atoms. The van der Waals surface area contributed by atoms with Crippen LogP contribution < -0.4 is 0 Å². The first-order valence-electron chi connectivity index (χ1n) is 7.51. The lowest BCUT2D eigenvalue weighted by Crippen LogP contribution is -2.33. The predicted octanol–water partition coefficient (Wildman–Crippen LogP) is -2.46. The Morgan fingerprint density at radius 2 is 1.33 bits per heavy atom.